The smallest absolute Gasteiger partial charge is 0.301 e. The van der Waals surface area contributed by atoms with E-state index in [4.69, 9.17) is 4.74 Å². The van der Waals surface area contributed by atoms with Crippen LogP contribution in [0.15, 0.2) is 30.3 Å². The van der Waals surface area contributed by atoms with Gasteiger partial charge in [0.1, 0.15) is 11.5 Å². The van der Waals surface area contributed by atoms with Crippen molar-refractivity contribution in [3.05, 3.63) is 51.4 Å². The van der Waals surface area contributed by atoms with Crippen molar-refractivity contribution in [2.45, 2.75) is 12.8 Å². The quantitative estimate of drug-likeness (QED) is 0.284. The number of benzene rings is 2. The Hall–Kier alpha value is -1.61. The molecule has 2 aromatic rings. The van der Waals surface area contributed by atoms with E-state index in [2.05, 4.69) is 15.4 Å². The summed E-state index contributed by atoms with van der Waals surface area (Å²) in [6.45, 7) is 2.69. The van der Waals surface area contributed by atoms with E-state index in [0.29, 0.717) is 42.0 Å². The maximum absolute atomic E-state index is 14.6. The van der Waals surface area contributed by atoms with Gasteiger partial charge in [0, 0.05) is 30.3 Å². The zero-order valence-corrected chi connectivity index (χ0v) is 21.0. The van der Waals surface area contributed by atoms with Crippen LogP contribution in [0.3, 0.4) is 0 Å². The maximum Gasteiger partial charge on any atom is 0.301 e. The lowest BCUT2D eigenvalue weighted by Crippen LogP contribution is -2.43. The highest BCUT2D eigenvalue weighted by atomic mass is 127. The van der Waals surface area contributed by atoms with Crippen molar-refractivity contribution in [3.8, 4) is 0 Å². The summed E-state index contributed by atoms with van der Waals surface area (Å²) in [6, 6.07) is 6.10. The number of nitrogens with zero attached hydrogens (tertiary/aromatic N) is 1. The van der Waals surface area contributed by atoms with Crippen LogP contribution in [0.5, 0.6) is 0 Å². The first-order chi connectivity index (χ1) is 15.7. The van der Waals surface area contributed by atoms with Crippen LogP contribution in [0.25, 0.3) is 0 Å². The molecular weight excluding hydrogens is 572 g/mol. The van der Waals surface area contributed by atoms with Crippen LogP contribution < -0.4 is 15.4 Å². The first-order valence-corrected chi connectivity index (χ1v) is 12.9. The molecule has 1 fully saturated rings. The molecule has 12 heteroatoms. The Labute approximate surface area is 205 Å². The second kappa shape index (κ2) is 11.7. The first kappa shape index (κ1) is 26.0. The van der Waals surface area contributed by atoms with Gasteiger partial charge in [-0.25, -0.2) is 13.2 Å². The van der Waals surface area contributed by atoms with Gasteiger partial charge in [0.2, 0.25) is 0 Å². The summed E-state index contributed by atoms with van der Waals surface area (Å²) < 4.78 is 77.8. The van der Waals surface area contributed by atoms with Gasteiger partial charge in [-0.15, -0.1) is 0 Å². The molecule has 0 unspecified atom stereocenters. The van der Waals surface area contributed by atoms with Gasteiger partial charge < -0.3 is 15.4 Å². The lowest BCUT2D eigenvalue weighted by Gasteiger charge is -2.31. The fraction of sp³-hybridized carbons (Fsp3) is 0.429. The van der Waals surface area contributed by atoms with Crippen molar-refractivity contribution in [1.82, 2.24) is 9.62 Å². The summed E-state index contributed by atoms with van der Waals surface area (Å²) in [5.41, 5.74) is -0.812. The van der Waals surface area contributed by atoms with E-state index in [-0.39, 0.29) is 11.4 Å². The predicted octanol–water partition coefficient (Wildman–Crippen LogP) is 4.06. The lowest BCUT2D eigenvalue weighted by molar-refractivity contribution is 0.194. The average molecular weight is 598 g/mol. The zero-order chi connectivity index (χ0) is 24.0. The third-order valence-electron chi connectivity index (χ3n) is 5.35. The van der Waals surface area contributed by atoms with Gasteiger partial charge in [0.05, 0.1) is 18.0 Å². The van der Waals surface area contributed by atoms with Crippen LogP contribution in [0.2, 0.25) is 0 Å². The molecule has 0 saturated carbocycles. The molecular formula is C21H26F3IN4O3S. The van der Waals surface area contributed by atoms with Gasteiger partial charge in [-0.3, -0.25) is 4.72 Å². The molecule has 0 bridgehead atoms. The number of hydrogen-bond acceptors (Lipinski definition) is 5. The highest BCUT2D eigenvalue weighted by molar-refractivity contribution is 14.1. The van der Waals surface area contributed by atoms with Crippen molar-refractivity contribution in [2.75, 3.05) is 49.9 Å². The Morgan fingerprint density at radius 1 is 1.09 bits per heavy atom. The summed E-state index contributed by atoms with van der Waals surface area (Å²) in [7, 11) is -2.40. The third kappa shape index (κ3) is 6.94. The summed E-state index contributed by atoms with van der Waals surface area (Å²) in [6.07, 6.45) is 1.33. The number of ether oxygens (including phenoxy) is 1. The first-order valence-electron chi connectivity index (χ1n) is 10.4. The number of nitrogens with one attached hydrogen (secondary N) is 3. The standard InChI is InChI=1S/C21H26F3IN4O3S/c1-32-11-8-26-13-14-6-9-29(10-7-14)33(30,31)28-19-5-3-16(22)20(24)21(19)27-18-4-2-15(25)12-17(18)23/h2-5,12,14,26-28H,6-11,13H2,1H3. The Morgan fingerprint density at radius 2 is 1.79 bits per heavy atom. The fourth-order valence-corrected chi connectivity index (χ4v) is 5.24. The summed E-state index contributed by atoms with van der Waals surface area (Å²) >= 11 is 1.92. The van der Waals surface area contributed by atoms with Gasteiger partial charge in [0.15, 0.2) is 11.6 Å². The highest BCUT2D eigenvalue weighted by Gasteiger charge is 2.29. The summed E-state index contributed by atoms with van der Waals surface area (Å²) in [4.78, 5) is 0. The Bertz CT molecular complexity index is 1070. The summed E-state index contributed by atoms with van der Waals surface area (Å²) in [5, 5.41) is 5.76. The second-order valence-electron chi connectivity index (χ2n) is 7.68. The number of rotatable bonds is 10. The molecule has 0 aromatic heterocycles. The van der Waals surface area contributed by atoms with E-state index in [1.54, 1.807) is 13.2 Å². The van der Waals surface area contributed by atoms with Crippen LogP contribution in [0, 0.1) is 26.9 Å². The molecule has 0 aliphatic carbocycles. The molecule has 0 atom stereocenters. The molecule has 1 aliphatic heterocycles. The van der Waals surface area contributed by atoms with Crippen molar-refractivity contribution in [2.24, 2.45) is 5.92 Å². The predicted molar refractivity (Wildman–Crippen MR) is 130 cm³/mol. The van der Waals surface area contributed by atoms with Crippen molar-refractivity contribution >= 4 is 49.9 Å². The molecule has 33 heavy (non-hydrogen) atoms. The van der Waals surface area contributed by atoms with E-state index in [1.807, 2.05) is 22.6 Å². The third-order valence-corrected chi connectivity index (χ3v) is 7.55. The molecule has 1 aliphatic rings. The largest absolute Gasteiger partial charge is 0.383 e. The van der Waals surface area contributed by atoms with Crippen molar-refractivity contribution < 1.29 is 26.3 Å². The van der Waals surface area contributed by atoms with E-state index in [9.17, 15) is 21.6 Å². The Kier molecular flexibility index (Phi) is 9.21. The van der Waals surface area contributed by atoms with Gasteiger partial charge in [-0.05, 0) is 78.2 Å². The van der Waals surface area contributed by atoms with Gasteiger partial charge >= 0.3 is 10.2 Å². The van der Waals surface area contributed by atoms with Gasteiger partial charge in [-0.2, -0.15) is 12.7 Å². The van der Waals surface area contributed by atoms with Crippen LogP contribution >= 0.6 is 22.6 Å². The number of piperidine rings is 1. The van der Waals surface area contributed by atoms with Crippen LogP contribution in [-0.2, 0) is 14.9 Å². The number of hydrogen-bond donors (Lipinski definition) is 3. The zero-order valence-electron chi connectivity index (χ0n) is 18.0. The fourth-order valence-electron chi connectivity index (χ4n) is 3.52. The minimum absolute atomic E-state index is 0.109. The SMILES string of the molecule is COCCNCC1CCN(S(=O)(=O)Nc2ccc(F)c(F)c2Nc2ccc(I)cc2F)CC1. The van der Waals surface area contributed by atoms with E-state index in [1.165, 1.54) is 16.4 Å². The van der Waals surface area contributed by atoms with Crippen LogP contribution in [-0.4, -0.2) is 52.6 Å². The monoisotopic (exact) mass is 598 g/mol. The highest BCUT2D eigenvalue weighted by Crippen LogP contribution is 2.33. The van der Waals surface area contributed by atoms with Crippen molar-refractivity contribution in [1.29, 1.82) is 0 Å². The average Bonchev–Trinajstić information content (AvgIpc) is 2.78. The Balaban J connectivity index is 1.71. The molecule has 0 spiro atoms. The van der Waals surface area contributed by atoms with E-state index < -0.39 is 33.3 Å². The molecule has 0 radical (unpaired) electrons. The Morgan fingerprint density at radius 3 is 2.45 bits per heavy atom. The van der Waals surface area contributed by atoms with Gasteiger partial charge in [-0.1, -0.05) is 0 Å². The molecule has 3 rings (SSSR count). The maximum atomic E-state index is 14.6. The molecule has 0 amide bonds. The molecule has 1 saturated heterocycles. The molecule has 1 heterocycles. The normalized spacial score (nSPS) is 15.5. The van der Waals surface area contributed by atoms with Crippen LogP contribution in [0.4, 0.5) is 30.2 Å². The lowest BCUT2D eigenvalue weighted by atomic mass is 9.98. The minimum Gasteiger partial charge on any atom is -0.383 e. The van der Waals surface area contributed by atoms with Gasteiger partial charge in [0.25, 0.3) is 0 Å². The van der Waals surface area contributed by atoms with Crippen LogP contribution in [0.1, 0.15) is 12.8 Å². The molecule has 3 N–H and O–H groups in total. The topological polar surface area (TPSA) is 82.7 Å². The molecule has 182 valence electrons. The second-order valence-corrected chi connectivity index (χ2v) is 10.6. The summed E-state index contributed by atoms with van der Waals surface area (Å²) in [5.74, 6) is -2.85. The number of anilines is 3. The molecule has 7 nitrogen and oxygen atoms in total. The number of halogens is 4. The molecule has 2 aromatic carbocycles. The van der Waals surface area contributed by atoms with E-state index >= 15 is 0 Å². The van der Waals surface area contributed by atoms with Crippen molar-refractivity contribution in [3.63, 3.8) is 0 Å². The minimum atomic E-state index is -4.03. The number of methoxy groups -OCH3 is 1. The van der Waals surface area contributed by atoms with E-state index in [0.717, 1.165) is 25.2 Å².